The van der Waals surface area contributed by atoms with Crippen molar-refractivity contribution in [1.82, 2.24) is 5.32 Å². The van der Waals surface area contributed by atoms with Crippen LogP contribution in [0, 0.1) is 0 Å². The average molecular weight is 201 g/mol. The summed E-state index contributed by atoms with van der Waals surface area (Å²) in [5.74, 6) is 0. The van der Waals surface area contributed by atoms with Crippen molar-refractivity contribution >= 4 is 0 Å². The van der Waals surface area contributed by atoms with E-state index in [0.717, 1.165) is 38.8 Å². The van der Waals surface area contributed by atoms with Gasteiger partial charge in [-0.25, -0.2) is 0 Å². The van der Waals surface area contributed by atoms with Crippen molar-refractivity contribution in [3.8, 4) is 0 Å². The summed E-state index contributed by atoms with van der Waals surface area (Å²) in [4.78, 5) is 0. The molecular weight excluding hydrogens is 178 g/mol. The molecule has 2 unspecified atom stereocenters. The van der Waals surface area contributed by atoms with Crippen LogP contribution in [0.25, 0.3) is 0 Å². The van der Waals surface area contributed by atoms with Crippen LogP contribution in [-0.4, -0.2) is 39.0 Å². The second kappa shape index (κ2) is 5.69. The molecule has 0 aromatic carbocycles. The molecule has 1 fully saturated rings. The third-order valence-electron chi connectivity index (χ3n) is 3.23. The minimum absolute atomic E-state index is 0.0575. The molecule has 0 saturated carbocycles. The number of methoxy groups -OCH3 is 1. The Hall–Kier alpha value is -0.120. The maximum Gasteiger partial charge on any atom is 0.0737 e. The largest absolute Gasteiger partial charge is 0.378 e. The van der Waals surface area contributed by atoms with Gasteiger partial charge in [-0.2, -0.15) is 0 Å². The Morgan fingerprint density at radius 2 is 2.36 bits per heavy atom. The van der Waals surface area contributed by atoms with Gasteiger partial charge in [0.2, 0.25) is 0 Å². The molecule has 0 aromatic rings. The Labute approximate surface area is 87.2 Å². The van der Waals surface area contributed by atoms with Crippen molar-refractivity contribution in [2.45, 2.75) is 44.3 Å². The van der Waals surface area contributed by atoms with E-state index in [1.165, 1.54) is 0 Å². The molecule has 2 atom stereocenters. The van der Waals surface area contributed by atoms with Crippen LogP contribution >= 0.6 is 0 Å². The third kappa shape index (κ3) is 2.94. The fraction of sp³-hybridized carbons (Fsp3) is 1.00. The van der Waals surface area contributed by atoms with Gasteiger partial charge in [-0.05, 0) is 32.9 Å². The number of nitrogens with one attached hydrogen (secondary N) is 1. The van der Waals surface area contributed by atoms with Gasteiger partial charge in [-0.3, -0.25) is 0 Å². The lowest BCUT2D eigenvalue weighted by Crippen LogP contribution is -2.43. The summed E-state index contributed by atoms with van der Waals surface area (Å²) in [6.45, 7) is 4.04. The van der Waals surface area contributed by atoms with Crippen molar-refractivity contribution in [2.75, 3.05) is 27.3 Å². The Kier molecular flexibility index (Phi) is 4.85. The fourth-order valence-electron chi connectivity index (χ4n) is 2.12. The van der Waals surface area contributed by atoms with Crippen LogP contribution in [0.1, 0.15) is 32.6 Å². The molecule has 1 saturated heterocycles. The van der Waals surface area contributed by atoms with Gasteiger partial charge in [-0.15, -0.1) is 0 Å². The van der Waals surface area contributed by atoms with Crippen molar-refractivity contribution < 1.29 is 9.47 Å². The van der Waals surface area contributed by atoms with Crippen LogP contribution in [0.15, 0.2) is 0 Å². The van der Waals surface area contributed by atoms with Crippen LogP contribution in [0.2, 0.25) is 0 Å². The van der Waals surface area contributed by atoms with E-state index < -0.39 is 0 Å². The molecule has 14 heavy (non-hydrogen) atoms. The van der Waals surface area contributed by atoms with E-state index in [0.29, 0.717) is 6.10 Å². The normalized spacial score (nSPS) is 33.2. The first-order valence-corrected chi connectivity index (χ1v) is 5.57. The van der Waals surface area contributed by atoms with Gasteiger partial charge in [0.15, 0.2) is 0 Å². The molecule has 1 aliphatic heterocycles. The van der Waals surface area contributed by atoms with Gasteiger partial charge >= 0.3 is 0 Å². The quantitative estimate of drug-likeness (QED) is 0.732. The van der Waals surface area contributed by atoms with Gasteiger partial charge in [0, 0.05) is 20.1 Å². The van der Waals surface area contributed by atoms with Crippen LogP contribution < -0.4 is 5.32 Å². The van der Waals surface area contributed by atoms with Gasteiger partial charge in [0.05, 0.1) is 11.7 Å². The van der Waals surface area contributed by atoms with E-state index in [4.69, 9.17) is 9.47 Å². The highest BCUT2D eigenvalue weighted by molar-refractivity contribution is 4.87. The molecule has 0 bridgehead atoms. The topological polar surface area (TPSA) is 30.5 Å². The van der Waals surface area contributed by atoms with Crippen LogP contribution in [0.5, 0.6) is 0 Å². The molecule has 1 heterocycles. The van der Waals surface area contributed by atoms with E-state index in [1.54, 1.807) is 0 Å². The predicted molar refractivity (Wildman–Crippen MR) is 57.5 cm³/mol. The lowest BCUT2D eigenvalue weighted by Gasteiger charge is -2.39. The van der Waals surface area contributed by atoms with Gasteiger partial charge < -0.3 is 14.8 Å². The molecule has 0 spiro atoms. The summed E-state index contributed by atoms with van der Waals surface area (Å²) in [5, 5.41) is 3.19. The summed E-state index contributed by atoms with van der Waals surface area (Å²) in [6.07, 6.45) is 4.63. The molecule has 0 aliphatic carbocycles. The summed E-state index contributed by atoms with van der Waals surface area (Å²) in [7, 11) is 3.81. The standard InChI is InChI=1S/C11H23NO2/c1-4-10-9-11(13-3,5-7-12-2)6-8-14-10/h10,12H,4-9H2,1-3H3. The zero-order chi connectivity index (χ0) is 10.4. The smallest absolute Gasteiger partial charge is 0.0737 e. The Balaban J connectivity index is 2.49. The van der Waals surface area contributed by atoms with Crippen LogP contribution in [0.4, 0.5) is 0 Å². The number of hydrogen-bond donors (Lipinski definition) is 1. The second-order valence-electron chi connectivity index (χ2n) is 4.10. The van der Waals surface area contributed by atoms with Gasteiger partial charge in [0.1, 0.15) is 0 Å². The summed E-state index contributed by atoms with van der Waals surface area (Å²) in [5.41, 5.74) is 0.0575. The predicted octanol–water partition coefficient (Wildman–Crippen LogP) is 1.57. The molecule has 1 N–H and O–H groups in total. The molecule has 0 amide bonds. The zero-order valence-corrected chi connectivity index (χ0v) is 9.64. The third-order valence-corrected chi connectivity index (χ3v) is 3.23. The molecule has 1 rings (SSSR count). The highest BCUT2D eigenvalue weighted by atomic mass is 16.5. The molecule has 1 aliphatic rings. The van der Waals surface area contributed by atoms with Crippen molar-refractivity contribution in [2.24, 2.45) is 0 Å². The molecule has 0 radical (unpaired) electrons. The first-order chi connectivity index (χ1) is 6.76. The van der Waals surface area contributed by atoms with E-state index in [1.807, 2.05) is 14.2 Å². The van der Waals surface area contributed by atoms with Gasteiger partial charge in [0.25, 0.3) is 0 Å². The molecule has 3 nitrogen and oxygen atoms in total. The molecule has 3 heteroatoms. The fourth-order valence-corrected chi connectivity index (χ4v) is 2.12. The van der Waals surface area contributed by atoms with Crippen molar-refractivity contribution in [3.05, 3.63) is 0 Å². The highest BCUT2D eigenvalue weighted by Gasteiger charge is 2.35. The van der Waals surface area contributed by atoms with E-state index in [2.05, 4.69) is 12.2 Å². The minimum atomic E-state index is 0.0575. The van der Waals surface area contributed by atoms with Crippen molar-refractivity contribution in [1.29, 1.82) is 0 Å². The van der Waals surface area contributed by atoms with Gasteiger partial charge in [-0.1, -0.05) is 6.92 Å². The van der Waals surface area contributed by atoms with Crippen LogP contribution in [-0.2, 0) is 9.47 Å². The maximum atomic E-state index is 5.69. The molecule has 0 aromatic heterocycles. The zero-order valence-electron chi connectivity index (χ0n) is 9.64. The number of ether oxygens (including phenoxy) is 2. The first kappa shape index (κ1) is 12.0. The SMILES string of the molecule is CCC1CC(CCNC)(OC)CCO1. The van der Waals surface area contributed by atoms with E-state index in [9.17, 15) is 0 Å². The second-order valence-corrected chi connectivity index (χ2v) is 4.10. The van der Waals surface area contributed by atoms with Crippen molar-refractivity contribution in [3.63, 3.8) is 0 Å². The summed E-state index contributed by atoms with van der Waals surface area (Å²) >= 11 is 0. The average Bonchev–Trinajstić information content (AvgIpc) is 2.26. The molecule has 84 valence electrons. The Morgan fingerprint density at radius 1 is 1.57 bits per heavy atom. The van der Waals surface area contributed by atoms with Crippen LogP contribution in [0.3, 0.4) is 0 Å². The monoisotopic (exact) mass is 201 g/mol. The Bertz CT molecular complexity index is 163. The lowest BCUT2D eigenvalue weighted by molar-refractivity contribution is -0.126. The minimum Gasteiger partial charge on any atom is -0.378 e. The number of hydrogen-bond acceptors (Lipinski definition) is 3. The summed E-state index contributed by atoms with van der Waals surface area (Å²) in [6, 6.07) is 0. The number of rotatable bonds is 5. The maximum absolute atomic E-state index is 5.69. The Morgan fingerprint density at radius 3 is 2.93 bits per heavy atom. The highest BCUT2D eigenvalue weighted by Crippen LogP contribution is 2.32. The van der Waals surface area contributed by atoms with E-state index in [-0.39, 0.29) is 5.60 Å². The lowest BCUT2D eigenvalue weighted by atomic mass is 9.86. The summed E-state index contributed by atoms with van der Waals surface area (Å²) < 4.78 is 11.4. The molecular formula is C11H23NO2. The first-order valence-electron chi connectivity index (χ1n) is 5.57. The van der Waals surface area contributed by atoms with E-state index >= 15 is 0 Å².